The maximum absolute atomic E-state index is 13.0. The van der Waals surface area contributed by atoms with Crippen LogP contribution in [0.3, 0.4) is 0 Å². The van der Waals surface area contributed by atoms with Crippen molar-refractivity contribution < 1.29 is 9.59 Å². The smallest absolute Gasteiger partial charge is 0.242 e. The first-order chi connectivity index (χ1) is 13.3. The topological polar surface area (TPSA) is 49.4 Å². The molecule has 2 aromatic rings. The number of hydrogen-bond donors (Lipinski definition) is 1. The van der Waals surface area contributed by atoms with E-state index in [1.165, 1.54) is 5.56 Å². The summed E-state index contributed by atoms with van der Waals surface area (Å²) in [5.41, 5.74) is 3.21. The zero-order valence-corrected chi connectivity index (χ0v) is 17.8. The summed E-state index contributed by atoms with van der Waals surface area (Å²) < 4.78 is 0. The highest BCUT2D eigenvalue weighted by molar-refractivity contribution is 6.30. The van der Waals surface area contributed by atoms with Crippen molar-refractivity contribution in [2.75, 3.05) is 0 Å². The molecule has 0 aliphatic heterocycles. The van der Waals surface area contributed by atoms with Crippen LogP contribution in [0.1, 0.15) is 43.9 Å². The summed E-state index contributed by atoms with van der Waals surface area (Å²) in [7, 11) is 0. The minimum absolute atomic E-state index is 0.0191. The Morgan fingerprint density at radius 2 is 1.71 bits per heavy atom. The van der Waals surface area contributed by atoms with Crippen molar-refractivity contribution in [1.29, 1.82) is 0 Å². The summed E-state index contributed by atoms with van der Waals surface area (Å²) in [5.74, 6) is -0.201. The van der Waals surface area contributed by atoms with Crippen LogP contribution in [-0.4, -0.2) is 28.8 Å². The molecule has 1 N–H and O–H groups in total. The van der Waals surface area contributed by atoms with Gasteiger partial charge in [0.05, 0.1) is 0 Å². The summed E-state index contributed by atoms with van der Waals surface area (Å²) in [6.07, 6.45) is 0.993. The zero-order chi connectivity index (χ0) is 20.7. The van der Waals surface area contributed by atoms with E-state index in [-0.39, 0.29) is 17.9 Å². The minimum Gasteiger partial charge on any atom is -0.352 e. The molecule has 0 saturated heterocycles. The molecule has 1 unspecified atom stereocenters. The van der Waals surface area contributed by atoms with Gasteiger partial charge in [0.25, 0.3) is 0 Å². The van der Waals surface area contributed by atoms with Gasteiger partial charge in [-0.1, -0.05) is 53.6 Å². The summed E-state index contributed by atoms with van der Waals surface area (Å²) in [5, 5.41) is 3.51. The SMILES string of the molecule is Cc1ccc(CCC(=O)N(Cc2cccc(Cl)c2)C(C)C(=O)NC(C)C)cc1. The molecule has 2 rings (SSSR count). The lowest BCUT2D eigenvalue weighted by Crippen LogP contribution is -2.49. The predicted molar refractivity (Wildman–Crippen MR) is 114 cm³/mol. The Labute approximate surface area is 172 Å². The quantitative estimate of drug-likeness (QED) is 0.708. The number of hydrogen-bond acceptors (Lipinski definition) is 2. The molecule has 2 amide bonds. The van der Waals surface area contributed by atoms with Crippen LogP contribution in [0.15, 0.2) is 48.5 Å². The highest BCUT2D eigenvalue weighted by atomic mass is 35.5. The fourth-order valence-corrected chi connectivity index (χ4v) is 3.18. The highest BCUT2D eigenvalue weighted by Gasteiger charge is 2.26. The second-order valence-corrected chi connectivity index (χ2v) is 7.91. The van der Waals surface area contributed by atoms with E-state index < -0.39 is 6.04 Å². The van der Waals surface area contributed by atoms with Gasteiger partial charge >= 0.3 is 0 Å². The van der Waals surface area contributed by atoms with E-state index in [9.17, 15) is 9.59 Å². The van der Waals surface area contributed by atoms with Gasteiger partial charge in [0, 0.05) is 24.0 Å². The molecule has 0 fully saturated rings. The lowest BCUT2D eigenvalue weighted by molar-refractivity contribution is -0.140. The Bertz CT molecular complexity index is 803. The van der Waals surface area contributed by atoms with E-state index >= 15 is 0 Å². The maximum atomic E-state index is 13.0. The second kappa shape index (κ2) is 10.3. The minimum atomic E-state index is -0.563. The molecular formula is C23H29ClN2O2. The maximum Gasteiger partial charge on any atom is 0.242 e. The first-order valence-electron chi connectivity index (χ1n) is 9.66. The molecule has 0 heterocycles. The molecule has 0 bridgehead atoms. The third kappa shape index (κ3) is 6.68. The standard InChI is InChI=1S/C23H29ClN2O2/c1-16(2)25-23(28)18(4)26(15-20-6-5-7-21(24)14-20)22(27)13-12-19-10-8-17(3)9-11-19/h5-11,14,16,18H,12-13,15H2,1-4H3,(H,25,28). The van der Waals surface area contributed by atoms with Crippen molar-refractivity contribution in [3.8, 4) is 0 Å². The van der Waals surface area contributed by atoms with Gasteiger partial charge in [0.1, 0.15) is 6.04 Å². The highest BCUT2D eigenvalue weighted by Crippen LogP contribution is 2.16. The van der Waals surface area contributed by atoms with Gasteiger partial charge in [-0.3, -0.25) is 9.59 Å². The van der Waals surface area contributed by atoms with E-state index in [1.807, 2.05) is 63.2 Å². The van der Waals surface area contributed by atoms with Gasteiger partial charge in [-0.2, -0.15) is 0 Å². The summed E-state index contributed by atoms with van der Waals surface area (Å²) in [4.78, 5) is 27.2. The number of carbonyl (C=O) groups is 2. The predicted octanol–water partition coefficient (Wildman–Crippen LogP) is 4.52. The zero-order valence-electron chi connectivity index (χ0n) is 17.0. The van der Waals surface area contributed by atoms with Gasteiger partial charge in [0.2, 0.25) is 11.8 Å². The van der Waals surface area contributed by atoms with E-state index in [2.05, 4.69) is 5.32 Å². The van der Waals surface area contributed by atoms with Gasteiger partial charge in [-0.25, -0.2) is 0 Å². The van der Waals surface area contributed by atoms with E-state index in [4.69, 9.17) is 11.6 Å². The van der Waals surface area contributed by atoms with Crippen molar-refractivity contribution in [2.45, 2.75) is 59.2 Å². The average Bonchev–Trinajstić information content (AvgIpc) is 2.64. The lowest BCUT2D eigenvalue weighted by atomic mass is 10.1. The van der Waals surface area contributed by atoms with Crippen LogP contribution in [0.2, 0.25) is 5.02 Å². The van der Waals surface area contributed by atoms with E-state index in [0.717, 1.165) is 11.1 Å². The molecule has 4 nitrogen and oxygen atoms in total. The van der Waals surface area contributed by atoms with Crippen LogP contribution < -0.4 is 5.32 Å². The van der Waals surface area contributed by atoms with E-state index in [1.54, 1.807) is 17.9 Å². The normalized spacial score (nSPS) is 11.9. The molecule has 0 aliphatic rings. The molecule has 0 aliphatic carbocycles. The largest absolute Gasteiger partial charge is 0.352 e. The van der Waals surface area contributed by atoms with Crippen LogP contribution in [0.25, 0.3) is 0 Å². The first kappa shape index (κ1) is 22.0. The third-order valence-electron chi connectivity index (χ3n) is 4.59. The van der Waals surface area contributed by atoms with Crippen molar-refractivity contribution in [3.05, 3.63) is 70.2 Å². The molecule has 5 heteroatoms. The fourth-order valence-electron chi connectivity index (χ4n) is 2.97. The lowest BCUT2D eigenvalue weighted by Gasteiger charge is -2.29. The number of carbonyl (C=O) groups excluding carboxylic acids is 2. The Balaban J connectivity index is 2.14. The van der Waals surface area contributed by atoms with Crippen LogP contribution in [0.4, 0.5) is 0 Å². The number of nitrogens with zero attached hydrogens (tertiary/aromatic N) is 1. The van der Waals surface area contributed by atoms with Crippen LogP contribution in [0, 0.1) is 6.92 Å². The van der Waals surface area contributed by atoms with Crippen LogP contribution >= 0.6 is 11.6 Å². The van der Waals surface area contributed by atoms with Crippen LogP contribution in [-0.2, 0) is 22.6 Å². The second-order valence-electron chi connectivity index (χ2n) is 7.48. The Morgan fingerprint density at radius 1 is 1.04 bits per heavy atom. The average molecular weight is 401 g/mol. The van der Waals surface area contributed by atoms with Gasteiger partial charge in [0.15, 0.2) is 0 Å². The summed E-state index contributed by atoms with van der Waals surface area (Å²) in [6.45, 7) is 7.97. The van der Waals surface area contributed by atoms with Gasteiger partial charge in [-0.05, 0) is 57.4 Å². The number of aryl methyl sites for hydroxylation is 2. The number of benzene rings is 2. The molecule has 0 spiro atoms. The molecule has 0 saturated carbocycles. The van der Waals surface area contributed by atoms with Crippen molar-refractivity contribution >= 4 is 23.4 Å². The number of halogens is 1. The molecule has 2 aromatic carbocycles. The Morgan fingerprint density at radius 3 is 2.32 bits per heavy atom. The Kier molecular flexibility index (Phi) is 8.06. The summed E-state index contributed by atoms with van der Waals surface area (Å²) >= 11 is 6.09. The monoisotopic (exact) mass is 400 g/mol. The van der Waals surface area contributed by atoms with E-state index in [0.29, 0.717) is 24.4 Å². The number of rotatable bonds is 8. The Hall–Kier alpha value is -2.33. The first-order valence-corrected chi connectivity index (χ1v) is 10.0. The van der Waals surface area contributed by atoms with Crippen molar-refractivity contribution in [3.63, 3.8) is 0 Å². The molecule has 150 valence electrons. The third-order valence-corrected chi connectivity index (χ3v) is 4.82. The summed E-state index contributed by atoms with van der Waals surface area (Å²) in [6, 6.07) is 15.0. The van der Waals surface area contributed by atoms with Gasteiger partial charge < -0.3 is 10.2 Å². The van der Waals surface area contributed by atoms with Crippen molar-refractivity contribution in [1.82, 2.24) is 10.2 Å². The molecule has 0 radical (unpaired) electrons. The number of nitrogens with one attached hydrogen (secondary N) is 1. The number of amides is 2. The van der Waals surface area contributed by atoms with Crippen LogP contribution in [0.5, 0.6) is 0 Å². The van der Waals surface area contributed by atoms with Crippen molar-refractivity contribution in [2.24, 2.45) is 0 Å². The molecule has 28 heavy (non-hydrogen) atoms. The molecule has 1 atom stereocenters. The van der Waals surface area contributed by atoms with Gasteiger partial charge in [-0.15, -0.1) is 0 Å². The fraction of sp³-hybridized carbons (Fsp3) is 0.391. The molecule has 0 aromatic heterocycles. The molecular weight excluding hydrogens is 372 g/mol.